The highest BCUT2D eigenvalue weighted by molar-refractivity contribution is 6.18. The van der Waals surface area contributed by atoms with E-state index in [0.29, 0.717) is 11.9 Å². The lowest BCUT2D eigenvalue weighted by Gasteiger charge is -2.36. The van der Waals surface area contributed by atoms with Gasteiger partial charge in [0.05, 0.1) is 5.52 Å². The highest BCUT2D eigenvalue weighted by atomic mass is 35.5. The van der Waals surface area contributed by atoms with Crippen molar-refractivity contribution in [1.82, 2.24) is 4.98 Å². The van der Waals surface area contributed by atoms with E-state index in [-0.39, 0.29) is 0 Å². The molecule has 3 heteroatoms. The topological polar surface area (TPSA) is 16.1 Å². The summed E-state index contributed by atoms with van der Waals surface area (Å²) in [6.07, 6.45) is 8.55. The van der Waals surface area contributed by atoms with Gasteiger partial charge in [-0.2, -0.15) is 0 Å². The lowest BCUT2D eigenvalue weighted by Crippen LogP contribution is -2.38. The number of hydrogen-bond donors (Lipinski definition) is 0. The normalized spacial score (nSPS) is 16.4. The van der Waals surface area contributed by atoms with Gasteiger partial charge in [-0.25, -0.2) is 0 Å². The summed E-state index contributed by atoms with van der Waals surface area (Å²) in [4.78, 5) is 6.98. The first kappa shape index (κ1) is 13.7. The third-order valence-electron chi connectivity index (χ3n) is 4.28. The number of fused-ring (bicyclic) bond motifs is 1. The molecule has 0 N–H and O–H groups in total. The van der Waals surface area contributed by atoms with Crippen LogP contribution in [-0.4, -0.2) is 23.5 Å². The average Bonchev–Trinajstić information content (AvgIpc) is 2.53. The Morgan fingerprint density at radius 2 is 1.90 bits per heavy atom. The predicted octanol–water partition coefficient (Wildman–Crippen LogP) is 4.61. The largest absolute Gasteiger partial charge is 0.367 e. The van der Waals surface area contributed by atoms with E-state index < -0.39 is 0 Å². The van der Waals surface area contributed by atoms with Gasteiger partial charge in [-0.15, -0.1) is 11.6 Å². The number of aromatic nitrogens is 1. The van der Waals surface area contributed by atoms with E-state index in [2.05, 4.69) is 34.1 Å². The van der Waals surface area contributed by atoms with Gasteiger partial charge >= 0.3 is 0 Å². The molecule has 1 aliphatic carbocycles. The van der Waals surface area contributed by atoms with Crippen molar-refractivity contribution < 1.29 is 0 Å². The SMILES string of the molecule is ClCCN(c1ccnc2ccccc12)C1CCCCC1. The smallest absolute Gasteiger partial charge is 0.0722 e. The van der Waals surface area contributed by atoms with Gasteiger partial charge in [0.1, 0.15) is 0 Å². The van der Waals surface area contributed by atoms with E-state index in [0.717, 1.165) is 12.1 Å². The number of benzene rings is 1. The van der Waals surface area contributed by atoms with Crippen molar-refractivity contribution in [2.75, 3.05) is 17.3 Å². The van der Waals surface area contributed by atoms with Crippen LogP contribution in [0.2, 0.25) is 0 Å². The Bertz CT molecular complexity index is 558. The molecule has 3 rings (SSSR count). The predicted molar refractivity (Wildman–Crippen MR) is 86.7 cm³/mol. The van der Waals surface area contributed by atoms with Crippen LogP contribution in [0.15, 0.2) is 36.5 Å². The minimum atomic E-state index is 0.633. The molecule has 0 spiro atoms. The molecule has 0 saturated heterocycles. The molecule has 0 unspecified atom stereocenters. The molecular weight excluding hydrogens is 268 g/mol. The summed E-state index contributed by atoms with van der Waals surface area (Å²) in [7, 11) is 0. The maximum atomic E-state index is 6.06. The second-order valence-corrected chi connectivity index (χ2v) is 5.90. The van der Waals surface area contributed by atoms with Crippen molar-refractivity contribution in [3.8, 4) is 0 Å². The molecular formula is C17H21ClN2. The summed E-state index contributed by atoms with van der Waals surface area (Å²) in [5, 5.41) is 1.24. The van der Waals surface area contributed by atoms with Gasteiger partial charge in [0, 0.05) is 35.7 Å². The number of pyridine rings is 1. The van der Waals surface area contributed by atoms with Gasteiger partial charge in [0.25, 0.3) is 0 Å². The summed E-state index contributed by atoms with van der Waals surface area (Å²) in [6, 6.07) is 11.2. The van der Waals surface area contributed by atoms with Crippen LogP contribution in [0.5, 0.6) is 0 Å². The Morgan fingerprint density at radius 1 is 1.10 bits per heavy atom. The van der Waals surface area contributed by atoms with Crippen LogP contribution in [0, 0.1) is 0 Å². The van der Waals surface area contributed by atoms with Gasteiger partial charge in [0.2, 0.25) is 0 Å². The molecule has 0 radical (unpaired) electrons. The zero-order valence-electron chi connectivity index (χ0n) is 11.8. The zero-order chi connectivity index (χ0) is 13.8. The van der Waals surface area contributed by atoms with E-state index in [1.807, 2.05) is 12.3 Å². The summed E-state index contributed by atoms with van der Waals surface area (Å²) < 4.78 is 0. The lowest BCUT2D eigenvalue weighted by molar-refractivity contribution is 0.419. The molecule has 1 aromatic heterocycles. The van der Waals surface area contributed by atoms with E-state index in [1.165, 1.54) is 43.2 Å². The first-order valence-electron chi connectivity index (χ1n) is 7.56. The first-order valence-corrected chi connectivity index (χ1v) is 8.10. The van der Waals surface area contributed by atoms with Crippen LogP contribution in [0.1, 0.15) is 32.1 Å². The molecule has 0 aliphatic heterocycles. The minimum absolute atomic E-state index is 0.633. The summed E-state index contributed by atoms with van der Waals surface area (Å²) in [6.45, 7) is 0.917. The lowest BCUT2D eigenvalue weighted by atomic mass is 9.93. The number of nitrogens with zero attached hydrogens (tertiary/aromatic N) is 2. The molecule has 1 aliphatic rings. The van der Waals surface area contributed by atoms with Gasteiger partial charge in [-0.3, -0.25) is 4.98 Å². The number of hydrogen-bond acceptors (Lipinski definition) is 2. The van der Waals surface area contributed by atoms with Crippen molar-refractivity contribution in [2.24, 2.45) is 0 Å². The molecule has 20 heavy (non-hydrogen) atoms. The molecule has 1 fully saturated rings. The van der Waals surface area contributed by atoms with E-state index >= 15 is 0 Å². The molecule has 1 saturated carbocycles. The highest BCUT2D eigenvalue weighted by Gasteiger charge is 2.22. The van der Waals surface area contributed by atoms with Crippen molar-refractivity contribution in [3.05, 3.63) is 36.5 Å². The first-order chi connectivity index (χ1) is 9.90. The molecule has 0 amide bonds. The fraction of sp³-hybridized carbons (Fsp3) is 0.471. The second kappa shape index (κ2) is 6.45. The minimum Gasteiger partial charge on any atom is -0.367 e. The number of anilines is 1. The van der Waals surface area contributed by atoms with Crippen LogP contribution in [0.25, 0.3) is 10.9 Å². The summed E-state index contributed by atoms with van der Waals surface area (Å²) in [5.74, 6) is 0.674. The summed E-state index contributed by atoms with van der Waals surface area (Å²) >= 11 is 6.06. The third-order valence-corrected chi connectivity index (χ3v) is 4.45. The fourth-order valence-electron chi connectivity index (χ4n) is 3.31. The van der Waals surface area contributed by atoms with Crippen molar-refractivity contribution in [3.63, 3.8) is 0 Å². The summed E-state index contributed by atoms with van der Waals surface area (Å²) in [5.41, 5.74) is 2.36. The van der Waals surface area contributed by atoms with Crippen LogP contribution >= 0.6 is 11.6 Å². The van der Waals surface area contributed by atoms with Crippen LogP contribution in [-0.2, 0) is 0 Å². The monoisotopic (exact) mass is 288 g/mol. The van der Waals surface area contributed by atoms with Crippen LogP contribution < -0.4 is 4.90 Å². The third kappa shape index (κ3) is 2.76. The Balaban J connectivity index is 2.00. The van der Waals surface area contributed by atoms with Crippen molar-refractivity contribution in [2.45, 2.75) is 38.1 Å². The van der Waals surface area contributed by atoms with Crippen LogP contribution in [0.4, 0.5) is 5.69 Å². The standard InChI is InChI=1S/C17H21ClN2/c18-11-13-20(14-6-2-1-3-7-14)17-10-12-19-16-9-5-4-8-15(16)17/h4-5,8-10,12,14H,1-3,6-7,11,13H2. The van der Waals surface area contributed by atoms with Gasteiger partial charge in [-0.1, -0.05) is 37.5 Å². The van der Waals surface area contributed by atoms with Crippen molar-refractivity contribution >= 4 is 28.2 Å². The van der Waals surface area contributed by atoms with Gasteiger partial charge in [0.15, 0.2) is 0 Å². The Hall–Kier alpha value is -1.28. The van der Waals surface area contributed by atoms with E-state index in [9.17, 15) is 0 Å². The van der Waals surface area contributed by atoms with Gasteiger partial charge in [-0.05, 0) is 25.0 Å². The molecule has 2 aromatic rings. The molecule has 106 valence electrons. The number of halogens is 1. The quantitative estimate of drug-likeness (QED) is 0.764. The molecule has 0 bridgehead atoms. The van der Waals surface area contributed by atoms with Crippen molar-refractivity contribution in [1.29, 1.82) is 0 Å². The Morgan fingerprint density at radius 3 is 2.70 bits per heavy atom. The average molecular weight is 289 g/mol. The maximum absolute atomic E-state index is 6.06. The molecule has 1 heterocycles. The maximum Gasteiger partial charge on any atom is 0.0722 e. The number of alkyl halides is 1. The molecule has 0 atom stereocenters. The fourth-order valence-corrected chi connectivity index (χ4v) is 3.50. The number of rotatable bonds is 4. The van der Waals surface area contributed by atoms with E-state index in [1.54, 1.807) is 0 Å². The van der Waals surface area contributed by atoms with E-state index in [4.69, 9.17) is 11.6 Å². The number of para-hydroxylation sites is 1. The molecule has 2 nitrogen and oxygen atoms in total. The van der Waals surface area contributed by atoms with Gasteiger partial charge < -0.3 is 4.90 Å². The molecule has 1 aromatic carbocycles. The Labute approximate surface area is 125 Å². The Kier molecular flexibility index (Phi) is 4.41. The van der Waals surface area contributed by atoms with Crippen LogP contribution in [0.3, 0.4) is 0 Å². The second-order valence-electron chi connectivity index (χ2n) is 5.52. The highest BCUT2D eigenvalue weighted by Crippen LogP contribution is 2.31. The zero-order valence-corrected chi connectivity index (χ0v) is 12.5.